The lowest BCUT2D eigenvalue weighted by molar-refractivity contribution is -0.0972. The van der Waals surface area contributed by atoms with Gasteiger partial charge in [-0.15, -0.1) is 0 Å². The van der Waals surface area contributed by atoms with Crippen LogP contribution < -0.4 is 0 Å². The van der Waals surface area contributed by atoms with Crippen molar-refractivity contribution >= 4 is 0 Å². The average Bonchev–Trinajstić information content (AvgIpc) is 2.31. The Kier molecular flexibility index (Phi) is 1.41. The van der Waals surface area contributed by atoms with Crippen LogP contribution in [0.25, 0.3) is 0 Å². The number of benzene rings is 1. The molecule has 0 bridgehead atoms. The van der Waals surface area contributed by atoms with Gasteiger partial charge in [0, 0.05) is 12.1 Å². The summed E-state index contributed by atoms with van der Waals surface area (Å²) in [5.41, 5.74) is 1.50. The Bertz CT molecular complexity index is 287. The smallest absolute Gasteiger partial charge is 0.128 e. The summed E-state index contributed by atoms with van der Waals surface area (Å²) in [6, 6.07) is 4.90. The fourth-order valence-electron chi connectivity index (χ4n) is 1.36. The summed E-state index contributed by atoms with van der Waals surface area (Å²) in [5.74, 6) is -0.223. The molecule has 0 fully saturated rings. The summed E-state index contributed by atoms with van der Waals surface area (Å²) in [6.45, 7) is 0.745. The van der Waals surface area contributed by atoms with E-state index in [4.69, 9.17) is 5.21 Å². The highest BCUT2D eigenvalue weighted by molar-refractivity contribution is 5.31. The molecular formula is C8H8FNO. The van der Waals surface area contributed by atoms with Gasteiger partial charge in [0.1, 0.15) is 5.82 Å². The third kappa shape index (κ3) is 1.02. The molecule has 2 rings (SSSR count). The van der Waals surface area contributed by atoms with Crippen LogP contribution in [0.3, 0.4) is 0 Å². The molecule has 1 N–H and O–H groups in total. The molecule has 0 atom stereocenters. The van der Waals surface area contributed by atoms with Crippen LogP contribution in [0.15, 0.2) is 18.2 Å². The predicted octanol–water partition coefficient (Wildman–Crippen LogP) is 1.53. The molecule has 1 aliphatic rings. The highest BCUT2D eigenvalue weighted by Crippen LogP contribution is 2.22. The first-order valence-corrected chi connectivity index (χ1v) is 3.47. The van der Waals surface area contributed by atoms with E-state index in [0.29, 0.717) is 18.7 Å². The van der Waals surface area contributed by atoms with Gasteiger partial charge >= 0.3 is 0 Å². The van der Waals surface area contributed by atoms with Gasteiger partial charge in [0.25, 0.3) is 0 Å². The van der Waals surface area contributed by atoms with Crippen molar-refractivity contribution in [3.05, 3.63) is 35.1 Å². The first kappa shape index (κ1) is 6.76. The Balaban J connectivity index is 2.49. The molecule has 2 nitrogen and oxygen atoms in total. The van der Waals surface area contributed by atoms with E-state index < -0.39 is 0 Å². The second-order valence-corrected chi connectivity index (χ2v) is 2.70. The third-order valence-electron chi connectivity index (χ3n) is 1.91. The molecule has 1 aromatic carbocycles. The molecule has 1 aromatic rings. The van der Waals surface area contributed by atoms with Crippen LogP contribution in [-0.2, 0) is 13.1 Å². The van der Waals surface area contributed by atoms with Crippen LogP contribution in [0.4, 0.5) is 4.39 Å². The van der Waals surface area contributed by atoms with Crippen molar-refractivity contribution in [3.63, 3.8) is 0 Å². The quantitative estimate of drug-likeness (QED) is 0.611. The van der Waals surface area contributed by atoms with Gasteiger partial charge < -0.3 is 5.21 Å². The molecule has 0 radical (unpaired) electrons. The van der Waals surface area contributed by atoms with Gasteiger partial charge in [0.05, 0.1) is 6.54 Å². The Labute approximate surface area is 63.8 Å². The molecule has 0 aromatic heterocycles. The number of hydrogen-bond donors (Lipinski definition) is 1. The fraction of sp³-hybridized carbons (Fsp3) is 0.250. The number of halogens is 1. The maximum Gasteiger partial charge on any atom is 0.128 e. The molecule has 1 aliphatic heterocycles. The monoisotopic (exact) mass is 153 g/mol. The minimum atomic E-state index is -0.223. The number of rotatable bonds is 0. The van der Waals surface area contributed by atoms with Crippen LogP contribution in [0, 0.1) is 5.82 Å². The van der Waals surface area contributed by atoms with E-state index in [1.807, 2.05) is 6.07 Å². The van der Waals surface area contributed by atoms with Crippen molar-refractivity contribution in [2.24, 2.45) is 0 Å². The Morgan fingerprint density at radius 3 is 2.91 bits per heavy atom. The average molecular weight is 153 g/mol. The van der Waals surface area contributed by atoms with Crippen LogP contribution in [-0.4, -0.2) is 10.3 Å². The number of fused-ring (bicyclic) bond motifs is 1. The highest BCUT2D eigenvalue weighted by Gasteiger charge is 2.19. The van der Waals surface area contributed by atoms with Crippen molar-refractivity contribution in [2.75, 3.05) is 0 Å². The molecular weight excluding hydrogens is 145 g/mol. The zero-order valence-electron chi connectivity index (χ0n) is 5.92. The van der Waals surface area contributed by atoms with Crippen molar-refractivity contribution in [3.8, 4) is 0 Å². The standard InChI is InChI=1S/C8H8FNO/c9-8-3-1-2-6-4-10(11)5-7(6)8/h1-3,11H,4-5H2. The lowest BCUT2D eigenvalue weighted by Gasteiger charge is -2.00. The van der Waals surface area contributed by atoms with E-state index in [-0.39, 0.29) is 5.82 Å². The van der Waals surface area contributed by atoms with E-state index in [1.165, 1.54) is 6.07 Å². The molecule has 0 saturated heterocycles. The van der Waals surface area contributed by atoms with Gasteiger partial charge in [0.15, 0.2) is 0 Å². The second kappa shape index (κ2) is 2.29. The van der Waals surface area contributed by atoms with Crippen molar-refractivity contribution < 1.29 is 9.60 Å². The molecule has 0 spiro atoms. The molecule has 58 valence electrons. The summed E-state index contributed by atoms with van der Waals surface area (Å²) in [7, 11) is 0. The molecule has 11 heavy (non-hydrogen) atoms. The fourth-order valence-corrected chi connectivity index (χ4v) is 1.36. The summed E-state index contributed by atoms with van der Waals surface area (Å²) in [4.78, 5) is 0. The van der Waals surface area contributed by atoms with Crippen LogP contribution in [0.2, 0.25) is 0 Å². The molecule has 1 heterocycles. The van der Waals surface area contributed by atoms with Crippen molar-refractivity contribution in [1.82, 2.24) is 5.06 Å². The lowest BCUT2D eigenvalue weighted by atomic mass is 10.1. The van der Waals surface area contributed by atoms with Crippen molar-refractivity contribution in [2.45, 2.75) is 13.1 Å². The van der Waals surface area contributed by atoms with Crippen LogP contribution in [0.5, 0.6) is 0 Å². The van der Waals surface area contributed by atoms with Gasteiger partial charge in [-0.1, -0.05) is 12.1 Å². The molecule has 3 heteroatoms. The third-order valence-corrected chi connectivity index (χ3v) is 1.91. The van der Waals surface area contributed by atoms with E-state index in [1.54, 1.807) is 6.07 Å². The lowest BCUT2D eigenvalue weighted by Crippen LogP contribution is -2.08. The second-order valence-electron chi connectivity index (χ2n) is 2.70. The maximum atomic E-state index is 12.9. The van der Waals surface area contributed by atoms with Gasteiger partial charge in [-0.2, -0.15) is 5.06 Å². The first-order valence-electron chi connectivity index (χ1n) is 3.47. The largest absolute Gasteiger partial charge is 0.313 e. The molecule has 0 amide bonds. The highest BCUT2D eigenvalue weighted by atomic mass is 19.1. The van der Waals surface area contributed by atoms with E-state index in [2.05, 4.69) is 0 Å². The van der Waals surface area contributed by atoms with Gasteiger partial charge in [-0.25, -0.2) is 4.39 Å². The predicted molar refractivity (Wildman–Crippen MR) is 37.4 cm³/mol. The van der Waals surface area contributed by atoms with E-state index >= 15 is 0 Å². The molecule has 0 unspecified atom stereocenters. The molecule has 0 aliphatic carbocycles. The Morgan fingerprint density at radius 2 is 2.18 bits per heavy atom. The minimum absolute atomic E-state index is 0.223. The summed E-state index contributed by atoms with van der Waals surface area (Å²) < 4.78 is 12.9. The van der Waals surface area contributed by atoms with Gasteiger partial charge in [-0.3, -0.25) is 0 Å². The van der Waals surface area contributed by atoms with Crippen LogP contribution in [0.1, 0.15) is 11.1 Å². The molecule has 0 saturated carbocycles. The topological polar surface area (TPSA) is 23.5 Å². The Hall–Kier alpha value is -0.930. The first-order chi connectivity index (χ1) is 5.27. The number of nitrogens with zero attached hydrogens (tertiary/aromatic N) is 1. The van der Waals surface area contributed by atoms with Gasteiger partial charge in [-0.05, 0) is 11.6 Å². The van der Waals surface area contributed by atoms with E-state index in [0.717, 1.165) is 10.6 Å². The van der Waals surface area contributed by atoms with E-state index in [9.17, 15) is 4.39 Å². The van der Waals surface area contributed by atoms with Crippen molar-refractivity contribution in [1.29, 1.82) is 0 Å². The summed E-state index contributed by atoms with van der Waals surface area (Å²) in [5, 5.41) is 10.1. The zero-order valence-corrected chi connectivity index (χ0v) is 5.92. The number of hydrogen-bond acceptors (Lipinski definition) is 2. The maximum absolute atomic E-state index is 12.9. The number of hydroxylamine groups is 2. The summed E-state index contributed by atoms with van der Waals surface area (Å²) in [6.07, 6.45) is 0. The minimum Gasteiger partial charge on any atom is -0.313 e. The normalized spacial score (nSPS) is 16.9. The van der Waals surface area contributed by atoms with Gasteiger partial charge in [0.2, 0.25) is 0 Å². The SMILES string of the molecule is ON1Cc2cccc(F)c2C1. The Morgan fingerprint density at radius 1 is 1.36 bits per heavy atom. The zero-order chi connectivity index (χ0) is 7.84. The van der Waals surface area contributed by atoms with Crippen LogP contribution >= 0.6 is 0 Å². The summed E-state index contributed by atoms with van der Waals surface area (Å²) >= 11 is 0.